The Hall–Kier alpha value is -3.80. The van der Waals surface area contributed by atoms with Crippen LogP contribution in [0.3, 0.4) is 0 Å². The number of rotatable bonds is 4. The van der Waals surface area contributed by atoms with E-state index in [1.807, 2.05) is 12.1 Å². The maximum Gasteiger partial charge on any atom is 0.519 e. The molecule has 6 heteroatoms. The van der Waals surface area contributed by atoms with E-state index < -0.39 is 12.1 Å². The third kappa shape index (κ3) is 7.76. The molecule has 6 nitrogen and oxygen atoms in total. The SMILES string of the molecule is CC(C)OC(=O)c1ccccc1O.O=C(Oc1ccccc1)Oc1ccccc1. The number of carbonyl (C=O) groups is 2. The number of aromatic hydroxyl groups is 1. The van der Waals surface area contributed by atoms with Crippen molar-refractivity contribution in [2.75, 3.05) is 0 Å². The van der Waals surface area contributed by atoms with Gasteiger partial charge in [0.05, 0.1) is 6.10 Å². The van der Waals surface area contributed by atoms with Crippen LogP contribution < -0.4 is 9.47 Å². The topological polar surface area (TPSA) is 82.1 Å². The average molecular weight is 394 g/mol. The van der Waals surface area contributed by atoms with Gasteiger partial charge in [0.1, 0.15) is 22.8 Å². The number of phenols is 1. The predicted octanol–water partition coefficient (Wildman–Crippen LogP) is 5.22. The molecule has 0 amide bonds. The molecule has 0 aliphatic rings. The molecule has 0 aliphatic heterocycles. The van der Waals surface area contributed by atoms with E-state index >= 15 is 0 Å². The summed E-state index contributed by atoms with van der Waals surface area (Å²) >= 11 is 0. The smallest absolute Gasteiger partial charge is 0.507 e. The van der Waals surface area contributed by atoms with Crippen molar-refractivity contribution in [3.8, 4) is 17.2 Å². The lowest BCUT2D eigenvalue weighted by atomic mass is 10.2. The molecule has 3 rings (SSSR count). The number of ether oxygens (including phenoxy) is 3. The first-order valence-electron chi connectivity index (χ1n) is 8.94. The van der Waals surface area contributed by atoms with Gasteiger partial charge in [0.25, 0.3) is 0 Å². The highest BCUT2D eigenvalue weighted by Crippen LogP contribution is 2.17. The molecule has 1 N–H and O–H groups in total. The van der Waals surface area contributed by atoms with Gasteiger partial charge < -0.3 is 19.3 Å². The first-order valence-corrected chi connectivity index (χ1v) is 8.94. The minimum absolute atomic E-state index is 0.0480. The van der Waals surface area contributed by atoms with E-state index in [-0.39, 0.29) is 17.4 Å². The second-order valence-electron chi connectivity index (χ2n) is 6.05. The Bertz CT molecular complexity index is 863. The molecule has 0 fully saturated rings. The maximum absolute atomic E-state index is 11.3. The molecule has 0 aromatic heterocycles. The molecular weight excluding hydrogens is 372 g/mol. The van der Waals surface area contributed by atoms with Crippen molar-refractivity contribution in [2.24, 2.45) is 0 Å². The Kier molecular flexibility index (Phi) is 8.26. The lowest BCUT2D eigenvalue weighted by Crippen LogP contribution is -2.13. The van der Waals surface area contributed by atoms with Crippen LogP contribution >= 0.6 is 0 Å². The maximum atomic E-state index is 11.3. The summed E-state index contributed by atoms with van der Waals surface area (Å²) < 4.78 is 14.8. The van der Waals surface area contributed by atoms with Crippen molar-refractivity contribution in [2.45, 2.75) is 20.0 Å². The van der Waals surface area contributed by atoms with Crippen LogP contribution in [0.4, 0.5) is 4.79 Å². The Morgan fingerprint density at radius 3 is 1.62 bits per heavy atom. The summed E-state index contributed by atoms with van der Waals surface area (Å²) in [6, 6.07) is 23.9. The highest BCUT2D eigenvalue weighted by molar-refractivity contribution is 5.92. The Labute approximate surface area is 169 Å². The highest BCUT2D eigenvalue weighted by atomic mass is 16.7. The number of carbonyl (C=O) groups excluding carboxylic acids is 2. The van der Waals surface area contributed by atoms with E-state index in [4.69, 9.17) is 14.2 Å². The summed E-state index contributed by atoms with van der Waals surface area (Å²) in [6.45, 7) is 3.52. The molecule has 150 valence electrons. The Morgan fingerprint density at radius 2 is 1.17 bits per heavy atom. The molecular formula is C23H22O6. The monoisotopic (exact) mass is 394 g/mol. The first-order chi connectivity index (χ1) is 14.0. The Balaban J connectivity index is 0.000000212. The summed E-state index contributed by atoms with van der Waals surface area (Å²) in [4.78, 5) is 22.6. The van der Waals surface area contributed by atoms with Gasteiger partial charge in [-0.2, -0.15) is 0 Å². The molecule has 0 saturated carbocycles. The molecule has 0 bridgehead atoms. The molecule has 0 saturated heterocycles. The number of esters is 1. The van der Waals surface area contributed by atoms with Crippen molar-refractivity contribution < 1.29 is 28.9 Å². The Morgan fingerprint density at radius 1 is 0.724 bits per heavy atom. The second kappa shape index (κ2) is 11.1. The quantitative estimate of drug-likeness (QED) is 0.482. The predicted molar refractivity (Wildman–Crippen MR) is 108 cm³/mol. The zero-order valence-electron chi connectivity index (χ0n) is 16.1. The number of phenolic OH excluding ortho intramolecular Hbond substituents is 1. The fourth-order valence-corrected chi connectivity index (χ4v) is 2.11. The van der Waals surface area contributed by atoms with E-state index in [1.165, 1.54) is 12.1 Å². The van der Waals surface area contributed by atoms with E-state index in [2.05, 4.69) is 0 Å². The van der Waals surface area contributed by atoms with Crippen LogP contribution in [-0.4, -0.2) is 23.3 Å². The molecule has 0 heterocycles. The minimum Gasteiger partial charge on any atom is -0.507 e. The molecule has 0 aliphatic carbocycles. The van der Waals surface area contributed by atoms with Crippen molar-refractivity contribution in [1.29, 1.82) is 0 Å². The third-order valence-corrected chi connectivity index (χ3v) is 3.36. The van der Waals surface area contributed by atoms with Gasteiger partial charge in [-0.25, -0.2) is 9.59 Å². The van der Waals surface area contributed by atoms with Crippen LogP contribution in [0.25, 0.3) is 0 Å². The van der Waals surface area contributed by atoms with Gasteiger partial charge in [0.15, 0.2) is 0 Å². The zero-order chi connectivity index (χ0) is 21.1. The normalized spacial score (nSPS) is 9.76. The van der Waals surface area contributed by atoms with Crippen molar-refractivity contribution in [3.63, 3.8) is 0 Å². The first kappa shape index (κ1) is 21.5. The molecule has 3 aromatic carbocycles. The minimum atomic E-state index is -0.739. The van der Waals surface area contributed by atoms with Gasteiger partial charge >= 0.3 is 12.1 Å². The van der Waals surface area contributed by atoms with Gasteiger partial charge in [-0.05, 0) is 50.2 Å². The van der Waals surface area contributed by atoms with Crippen molar-refractivity contribution in [1.82, 2.24) is 0 Å². The standard InChI is InChI=1S/C13H10O3.C10H12O3/c14-13(15-11-7-3-1-4-8-11)16-12-9-5-2-6-10-12;1-7(2)13-10(12)8-5-3-4-6-9(8)11/h1-10H;3-7,11H,1-2H3. The molecule has 29 heavy (non-hydrogen) atoms. The molecule has 0 atom stereocenters. The summed E-state index contributed by atoms with van der Waals surface area (Å²) in [7, 11) is 0. The summed E-state index contributed by atoms with van der Waals surface area (Å²) in [5.41, 5.74) is 0.205. The number of benzene rings is 3. The zero-order valence-corrected chi connectivity index (χ0v) is 16.1. The van der Waals surface area contributed by atoms with Crippen LogP contribution in [0.1, 0.15) is 24.2 Å². The molecule has 0 unspecified atom stereocenters. The number of para-hydroxylation sites is 3. The lowest BCUT2D eigenvalue weighted by molar-refractivity contribution is 0.0374. The van der Waals surface area contributed by atoms with Crippen LogP contribution in [0.15, 0.2) is 84.9 Å². The average Bonchev–Trinajstić information content (AvgIpc) is 2.70. The largest absolute Gasteiger partial charge is 0.519 e. The van der Waals surface area contributed by atoms with Crippen LogP contribution in [0.2, 0.25) is 0 Å². The van der Waals surface area contributed by atoms with Gasteiger partial charge in [-0.1, -0.05) is 48.5 Å². The second-order valence-corrected chi connectivity index (χ2v) is 6.05. The van der Waals surface area contributed by atoms with E-state index in [0.717, 1.165) is 0 Å². The van der Waals surface area contributed by atoms with E-state index in [0.29, 0.717) is 11.5 Å². The molecule has 3 aromatic rings. The van der Waals surface area contributed by atoms with Crippen LogP contribution in [0, 0.1) is 0 Å². The highest BCUT2D eigenvalue weighted by Gasteiger charge is 2.12. The van der Waals surface area contributed by atoms with E-state index in [1.54, 1.807) is 74.5 Å². The van der Waals surface area contributed by atoms with Gasteiger partial charge in [0, 0.05) is 0 Å². The van der Waals surface area contributed by atoms with Crippen LogP contribution in [0.5, 0.6) is 17.2 Å². The van der Waals surface area contributed by atoms with Gasteiger partial charge in [-0.3, -0.25) is 0 Å². The lowest BCUT2D eigenvalue weighted by Gasteiger charge is -2.08. The van der Waals surface area contributed by atoms with E-state index in [9.17, 15) is 14.7 Å². The summed E-state index contributed by atoms with van der Waals surface area (Å²) in [5, 5.41) is 9.29. The molecule has 0 spiro atoms. The third-order valence-electron chi connectivity index (χ3n) is 3.36. The van der Waals surface area contributed by atoms with Crippen molar-refractivity contribution >= 4 is 12.1 Å². The van der Waals surface area contributed by atoms with Crippen molar-refractivity contribution in [3.05, 3.63) is 90.5 Å². The van der Waals surface area contributed by atoms with Gasteiger partial charge in [0.2, 0.25) is 0 Å². The number of hydrogen-bond donors (Lipinski definition) is 1. The fraction of sp³-hybridized carbons (Fsp3) is 0.130. The van der Waals surface area contributed by atoms with Crippen LogP contribution in [-0.2, 0) is 4.74 Å². The molecule has 0 radical (unpaired) electrons. The van der Waals surface area contributed by atoms with Gasteiger partial charge in [-0.15, -0.1) is 0 Å². The summed E-state index contributed by atoms with van der Waals surface area (Å²) in [5.74, 6) is 0.383. The number of hydrogen-bond acceptors (Lipinski definition) is 6. The summed E-state index contributed by atoms with van der Waals surface area (Å²) in [6.07, 6.45) is -0.912. The fourth-order valence-electron chi connectivity index (χ4n) is 2.11.